The van der Waals surface area contributed by atoms with E-state index in [2.05, 4.69) is 4.90 Å². The van der Waals surface area contributed by atoms with Gasteiger partial charge in [0.1, 0.15) is 17.1 Å². The second-order valence-electron chi connectivity index (χ2n) is 7.19. The van der Waals surface area contributed by atoms with Crippen molar-refractivity contribution >= 4 is 22.6 Å². The van der Waals surface area contributed by atoms with E-state index in [4.69, 9.17) is 4.42 Å². The van der Waals surface area contributed by atoms with Crippen LogP contribution >= 0.6 is 0 Å². The van der Waals surface area contributed by atoms with Crippen molar-refractivity contribution in [1.29, 1.82) is 0 Å². The first kappa shape index (κ1) is 19.0. The van der Waals surface area contributed by atoms with Crippen molar-refractivity contribution < 1.29 is 18.7 Å². The molecule has 150 valence electrons. The van der Waals surface area contributed by atoms with Crippen LogP contribution in [0.1, 0.15) is 11.1 Å². The Hall–Kier alpha value is -3.35. The number of nitrogens with zero attached hydrogens (tertiary/aromatic N) is 2. The predicted molar refractivity (Wildman–Crippen MR) is 108 cm³/mol. The van der Waals surface area contributed by atoms with Crippen molar-refractivity contribution in [1.82, 2.24) is 4.90 Å². The molecule has 1 aliphatic heterocycles. The van der Waals surface area contributed by atoms with Crippen LogP contribution in [0.5, 0.6) is 5.75 Å². The molecule has 0 aliphatic carbocycles. The minimum Gasteiger partial charge on any atom is -0.508 e. The quantitative estimate of drug-likeness (QED) is 0.689. The number of carbonyl (C=O) groups excluding carboxylic acids is 1. The molecule has 1 aliphatic rings. The summed E-state index contributed by atoms with van der Waals surface area (Å²) >= 11 is 0. The van der Waals surface area contributed by atoms with E-state index in [0.29, 0.717) is 48.3 Å². The lowest BCUT2D eigenvalue weighted by molar-refractivity contribution is -0.130. The molecule has 0 bridgehead atoms. The summed E-state index contributed by atoms with van der Waals surface area (Å²) in [6.07, 6.45) is -0.0263. The van der Waals surface area contributed by atoms with Crippen molar-refractivity contribution in [3.63, 3.8) is 0 Å². The molecule has 1 saturated heterocycles. The lowest BCUT2D eigenvalue weighted by Gasteiger charge is -2.36. The third-order valence-corrected chi connectivity index (χ3v) is 5.42. The van der Waals surface area contributed by atoms with Crippen LogP contribution in [0.3, 0.4) is 0 Å². The highest BCUT2D eigenvalue weighted by Gasteiger charge is 2.23. The number of piperazine rings is 1. The molecule has 2 aromatic carbocycles. The van der Waals surface area contributed by atoms with Crippen LogP contribution in [0.4, 0.5) is 10.1 Å². The minimum absolute atomic E-state index is 0.0166. The van der Waals surface area contributed by atoms with Gasteiger partial charge in [-0.25, -0.2) is 9.18 Å². The molecule has 6 nitrogen and oxygen atoms in total. The molecule has 2 heterocycles. The molecule has 4 rings (SSSR count). The molecule has 1 fully saturated rings. The standard InChI is InChI=1S/C22H21FN2O4/c1-14-18-7-6-17(26)12-20(18)29-22(28)19(14)13-21(27)25-10-8-24(9-11-25)16-4-2-15(23)3-5-16/h2-7,12,26H,8-11,13H2,1H3. The van der Waals surface area contributed by atoms with Crippen molar-refractivity contribution in [2.45, 2.75) is 13.3 Å². The van der Waals surface area contributed by atoms with Crippen LogP contribution < -0.4 is 10.5 Å². The Kier molecular flexibility index (Phi) is 4.96. The molecule has 7 heteroatoms. The lowest BCUT2D eigenvalue weighted by atomic mass is 10.0. The normalized spacial score (nSPS) is 14.4. The Morgan fingerprint density at radius 1 is 1.10 bits per heavy atom. The average Bonchev–Trinajstić information content (AvgIpc) is 2.71. The molecular weight excluding hydrogens is 375 g/mol. The number of benzene rings is 2. The minimum atomic E-state index is -0.557. The molecule has 1 aromatic heterocycles. The smallest absolute Gasteiger partial charge is 0.340 e. The number of fused-ring (bicyclic) bond motifs is 1. The van der Waals surface area contributed by atoms with Crippen molar-refractivity contribution in [3.8, 4) is 5.75 Å². The first-order chi connectivity index (χ1) is 13.9. The molecular formula is C22H21FN2O4. The summed E-state index contributed by atoms with van der Waals surface area (Å²) in [5.74, 6) is -0.387. The van der Waals surface area contributed by atoms with Gasteiger partial charge in [0.2, 0.25) is 5.91 Å². The number of aromatic hydroxyl groups is 1. The zero-order valence-corrected chi connectivity index (χ0v) is 16.0. The van der Waals surface area contributed by atoms with E-state index in [1.807, 2.05) is 0 Å². The van der Waals surface area contributed by atoms with Crippen molar-refractivity contribution in [2.75, 3.05) is 31.1 Å². The topological polar surface area (TPSA) is 74.0 Å². The van der Waals surface area contributed by atoms with E-state index in [0.717, 1.165) is 5.69 Å². The first-order valence-electron chi connectivity index (χ1n) is 9.46. The van der Waals surface area contributed by atoms with E-state index in [9.17, 15) is 19.1 Å². The maximum atomic E-state index is 13.1. The Labute approximate surface area is 166 Å². The maximum absolute atomic E-state index is 13.1. The number of aryl methyl sites for hydroxylation is 1. The average molecular weight is 396 g/mol. The second kappa shape index (κ2) is 7.58. The summed E-state index contributed by atoms with van der Waals surface area (Å²) in [7, 11) is 0. The highest BCUT2D eigenvalue weighted by molar-refractivity contribution is 5.85. The molecule has 3 aromatic rings. The van der Waals surface area contributed by atoms with Gasteiger partial charge in [0.15, 0.2) is 0 Å². The zero-order chi connectivity index (χ0) is 20.5. The largest absolute Gasteiger partial charge is 0.508 e. The van der Waals surface area contributed by atoms with E-state index >= 15 is 0 Å². The second-order valence-corrected chi connectivity index (χ2v) is 7.19. The van der Waals surface area contributed by atoms with Crippen molar-refractivity contribution in [2.24, 2.45) is 0 Å². The van der Waals surface area contributed by atoms with Crippen LogP contribution in [-0.4, -0.2) is 42.1 Å². The van der Waals surface area contributed by atoms with Gasteiger partial charge >= 0.3 is 5.63 Å². The number of halogens is 1. The highest BCUT2D eigenvalue weighted by Crippen LogP contribution is 2.24. The Bertz CT molecular complexity index is 1120. The Morgan fingerprint density at radius 3 is 2.48 bits per heavy atom. The third kappa shape index (κ3) is 3.81. The van der Waals surface area contributed by atoms with E-state index in [1.54, 1.807) is 30.0 Å². The van der Waals surface area contributed by atoms with E-state index < -0.39 is 5.63 Å². The monoisotopic (exact) mass is 396 g/mol. The Balaban J connectivity index is 1.47. The molecule has 0 saturated carbocycles. The number of hydrogen-bond donors (Lipinski definition) is 1. The summed E-state index contributed by atoms with van der Waals surface area (Å²) in [4.78, 5) is 29.0. The molecule has 0 atom stereocenters. The van der Waals surface area contributed by atoms with Gasteiger partial charge in [0, 0.05) is 43.3 Å². The summed E-state index contributed by atoms with van der Waals surface area (Å²) < 4.78 is 18.4. The van der Waals surface area contributed by atoms with Crippen molar-refractivity contribution in [3.05, 3.63) is 69.8 Å². The number of amides is 1. The zero-order valence-electron chi connectivity index (χ0n) is 16.0. The van der Waals surface area contributed by atoms with E-state index in [1.165, 1.54) is 24.3 Å². The summed E-state index contributed by atoms with van der Waals surface area (Å²) in [5, 5.41) is 10.3. The lowest BCUT2D eigenvalue weighted by Crippen LogP contribution is -2.49. The predicted octanol–water partition coefficient (Wildman–Crippen LogP) is 2.84. The summed E-state index contributed by atoms with van der Waals surface area (Å²) in [6, 6.07) is 10.9. The molecule has 0 unspecified atom stereocenters. The van der Waals surface area contributed by atoms with Crippen LogP contribution in [0.15, 0.2) is 51.7 Å². The van der Waals surface area contributed by atoms with Gasteiger partial charge in [-0.1, -0.05) is 0 Å². The number of hydrogen-bond acceptors (Lipinski definition) is 5. The fourth-order valence-corrected chi connectivity index (χ4v) is 3.72. The summed E-state index contributed by atoms with van der Waals surface area (Å²) in [6.45, 7) is 4.12. The third-order valence-electron chi connectivity index (χ3n) is 5.42. The number of anilines is 1. The molecule has 1 amide bonds. The maximum Gasteiger partial charge on any atom is 0.340 e. The van der Waals surface area contributed by atoms with Gasteiger partial charge in [0.25, 0.3) is 0 Å². The van der Waals surface area contributed by atoms with Crippen LogP contribution in [-0.2, 0) is 11.2 Å². The van der Waals surface area contributed by atoms with Gasteiger partial charge in [-0.3, -0.25) is 4.79 Å². The Morgan fingerprint density at radius 2 is 1.79 bits per heavy atom. The van der Waals surface area contributed by atoms with Gasteiger partial charge < -0.3 is 19.3 Å². The van der Waals surface area contributed by atoms with E-state index in [-0.39, 0.29) is 23.9 Å². The van der Waals surface area contributed by atoms with Gasteiger partial charge in [0.05, 0.1) is 12.0 Å². The number of rotatable bonds is 3. The molecule has 29 heavy (non-hydrogen) atoms. The number of phenols is 1. The first-order valence-corrected chi connectivity index (χ1v) is 9.46. The molecule has 1 N–H and O–H groups in total. The fourth-order valence-electron chi connectivity index (χ4n) is 3.72. The van der Waals surface area contributed by atoms with Crippen LogP contribution in [0.2, 0.25) is 0 Å². The summed E-state index contributed by atoms with van der Waals surface area (Å²) in [5.41, 5.74) is 1.70. The number of phenolic OH excluding ortho intramolecular Hbond substituents is 1. The molecule has 0 radical (unpaired) electrons. The highest BCUT2D eigenvalue weighted by atomic mass is 19.1. The van der Waals surface area contributed by atoms with Crippen LogP contribution in [0, 0.1) is 12.7 Å². The molecule has 0 spiro atoms. The fraction of sp³-hybridized carbons (Fsp3) is 0.273. The number of carbonyl (C=O) groups is 1. The van der Waals surface area contributed by atoms with Gasteiger partial charge in [-0.15, -0.1) is 0 Å². The van der Waals surface area contributed by atoms with Gasteiger partial charge in [-0.05, 0) is 48.9 Å². The van der Waals surface area contributed by atoms with Gasteiger partial charge in [-0.2, -0.15) is 0 Å². The SMILES string of the molecule is Cc1c(CC(=O)N2CCN(c3ccc(F)cc3)CC2)c(=O)oc2cc(O)ccc12. The van der Waals surface area contributed by atoms with Crippen LogP contribution in [0.25, 0.3) is 11.0 Å².